The summed E-state index contributed by atoms with van der Waals surface area (Å²) in [6.45, 7) is 0. The van der Waals surface area contributed by atoms with E-state index in [-0.39, 0.29) is 0 Å². The molecule has 44 valence electrons. The molecule has 0 unspecified atom stereocenters. The number of aryl methyl sites for hydroxylation is 1. The molecule has 0 fully saturated rings. The molecule has 8 heavy (non-hydrogen) atoms. The lowest BCUT2D eigenvalue weighted by atomic mass is 11.2. The third-order valence-corrected chi connectivity index (χ3v) is 2.32. The van der Waals surface area contributed by atoms with Crippen molar-refractivity contribution in [1.29, 1.82) is 0 Å². The van der Waals surface area contributed by atoms with Gasteiger partial charge >= 0.3 is 0 Å². The molecule has 6 heteroatoms. The normalized spacial score (nSPS) is 9.75. The number of hydrogen-bond donors (Lipinski definition) is 0. The predicted octanol–water partition coefficient (Wildman–Crippen LogP) is 0.652. The molecule has 0 amide bonds. The number of hydrogen-bond acceptors (Lipinski definition) is 4. The van der Waals surface area contributed by atoms with Gasteiger partial charge in [-0.2, -0.15) is 0 Å². The highest BCUT2D eigenvalue weighted by atomic mass is 127. The van der Waals surface area contributed by atoms with Gasteiger partial charge in [0.2, 0.25) is 5.16 Å². The zero-order valence-electron chi connectivity index (χ0n) is 4.08. The van der Waals surface area contributed by atoms with E-state index in [9.17, 15) is 0 Å². The molecule has 0 radical (unpaired) electrons. The minimum Gasteiger partial charge on any atom is -0.223 e. The van der Waals surface area contributed by atoms with Gasteiger partial charge in [0, 0.05) is 28.3 Å². The fourth-order valence-corrected chi connectivity index (χ4v) is 1.61. The van der Waals surface area contributed by atoms with Gasteiger partial charge < -0.3 is 0 Å². The van der Waals surface area contributed by atoms with Crippen molar-refractivity contribution in [3.63, 3.8) is 0 Å². The summed E-state index contributed by atoms with van der Waals surface area (Å²) in [5.74, 6) is 0. The molecule has 0 bridgehead atoms. The lowest BCUT2D eigenvalue weighted by molar-refractivity contribution is 0.666. The van der Waals surface area contributed by atoms with Crippen LogP contribution in [0.15, 0.2) is 5.16 Å². The Morgan fingerprint density at radius 3 is 2.75 bits per heavy atom. The number of halogens is 1. The van der Waals surface area contributed by atoms with E-state index in [1.807, 2.05) is 0 Å². The molecule has 0 aliphatic heterocycles. The van der Waals surface area contributed by atoms with E-state index < -0.39 is 0 Å². The van der Waals surface area contributed by atoms with Crippen LogP contribution < -0.4 is 0 Å². The van der Waals surface area contributed by atoms with Gasteiger partial charge in [0.05, 0.1) is 0 Å². The Morgan fingerprint density at radius 1 is 1.75 bits per heavy atom. The Kier molecular flexibility index (Phi) is 2.06. The Hall–Kier alpha value is 0.150. The highest BCUT2D eigenvalue weighted by Crippen LogP contribution is 2.19. The summed E-state index contributed by atoms with van der Waals surface area (Å²) in [4.78, 5) is 0. The van der Waals surface area contributed by atoms with Gasteiger partial charge in [-0.15, -0.1) is 5.10 Å². The third kappa shape index (κ3) is 1.10. The quantitative estimate of drug-likeness (QED) is 0.678. The first-order valence-corrected chi connectivity index (χ1v) is 5.21. The summed E-state index contributed by atoms with van der Waals surface area (Å²) < 4.78 is 1.62. The molecular weight excluding hydrogens is 239 g/mol. The van der Waals surface area contributed by atoms with Crippen LogP contribution in [0, 0.1) is 0 Å². The molecule has 4 nitrogen and oxygen atoms in total. The van der Waals surface area contributed by atoms with E-state index in [1.54, 1.807) is 11.7 Å². The highest BCUT2D eigenvalue weighted by molar-refractivity contribution is 14.2. The van der Waals surface area contributed by atoms with Crippen molar-refractivity contribution in [2.45, 2.75) is 5.16 Å². The molecule has 0 saturated heterocycles. The third-order valence-electron chi connectivity index (χ3n) is 0.650. The topological polar surface area (TPSA) is 43.6 Å². The fraction of sp³-hybridized carbons (Fsp3) is 0.500. The molecule has 0 aliphatic carbocycles. The molecule has 0 spiro atoms. The number of tetrazole rings is 1. The summed E-state index contributed by atoms with van der Waals surface area (Å²) in [5.41, 5.74) is 0. The second kappa shape index (κ2) is 2.62. The Balaban J connectivity index is 2.92. The van der Waals surface area contributed by atoms with Gasteiger partial charge in [-0.05, 0) is 19.4 Å². The van der Waals surface area contributed by atoms with E-state index in [4.69, 9.17) is 0 Å². The van der Waals surface area contributed by atoms with E-state index in [0.29, 0.717) is 0 Å². The zero-order valence-corrected chi connectivity index (χ0v) is 7.05. The van der Waals surface area contributed by atoms with Crippen LogP contribution in [0.1, 0.15) is 0 Å². The van der Waals surface area contributed by atoms with E-state index in [2.05, 4.69) is 36.7 Å². The molecule has 0 saturated carbocycles. The van der Waals surface area contributed by atoms with Crippen molar-refractivity contribution >= 4 is 30.1 Å². The molecule has 0 aliphatic rings. The fourth-order valence-electron chi connectivity index (χ4n) is 0.287. The average Bonchev–Trinajstić information content (AvgIpc) is 2.14. The maximum atomic E-state index is 3.69. The maximum Gasteiger partial charge on any atom is 0.219 e. The van der Waals surface area contributed by atoms with Gasteiger partial charge in [0.15, 0.2) is 0 Å². The first-order valence-electron chi connectivity index (χ1n) is 1.85. The van der Waals surface area contributed by atoms with Crippen molar-refractivity contribution in [2.75, 3.05) is 0 Å². The van der Waals surface area contributed by atoms with Crippen molar-refractivity contribution < 1.29 is 0 Å². The second-order valence-electron chi connectivity index (χ2n) is 1.16. The first kappa shape index (κ1) is 6.27. The van der Waals surface area contributed by atoms with Crippen molar-refractivity contribution in [3.8, 4) is 0 Å². The highest BCUT2D eigenvalue weighted by Gasteiger charge is 1.96. The van der Waals surface area contributed by atoms with Crippen LogP contribution in [0.4, 0.5) is 0 Å². The molecule has 0 atom stereocenters. The molecule has 1 aromatic heterocycles. The van der Waals surface area contributed by atoms with Gasteiger partial charge in [0.25, 0.3) is 0 Å². The molecule has 1 rings (SSSR count). The first-order chi connectivity index (χ1) is 3.84. The standard InChI is InChI=1S/C2H3IN4S/c1-7-2(8-3)4-5-6-7/h1H3. The lowest BCUT2D eigenvalue weighted by Gasteiger charge is -1.85. The Labute approximate surface area is 62.6 Å². The van der Waals surface area contributed by atoms with Crippen LogP contribution in [-0.2, 0) is 7.05 Å². The monoisotopic (exact) mass is 242 g/mol. The zero-order chi connectivity index (χ0) is 5.98. The second-order valence-corrected chi connectivity index (χ2v) is 3.00. The largest absolute Gasteiger partial charge is 0.223 e. The van der Waals surface area contributed by atoms with Gasteiger partial charge in [-0.25, -0.2) is 4.68 Å². The Bertz CT molecular complexity index is 174. The van der Waals surface area contributed by atoms with Gasteiger partial charge in [-0.1, -0.05) is 0 Å². The minimum atomic E-state index is 0.825. The number of rotatable bonds is 1. The summed E-state index contributed by atoms with van der Waals surface area (Å²) in [6.07, 6.45) is 0. The van der Waals surface area contributed by atoms with Gasteiger partial charge in [-0.3, -0.25) is 0 Å². The molecular formula is C2H3IN4S. The number of aromatic nitrogens is 4. The van der Waals surface area contributed by atoms with Crippen LogP contribution >= 0.6 is 30.1 Å². The smallest absolute Gasteiger partial charge is 0.219 e. The SMILES string of the molecule is Cn1nnnc1SI. The van der Waals surface area contributed by atoms with Crippen LogP contribution in [0.3, 0.4) is 0 Å². The van der Waals surface area contributed by atoms with Crippen LogP contribution in [0.5, 0.6) is 0 Å². The van der Waals surface area contributed by atoms with Crippen LogP contribution in [-0.4, -0.2) is 20.2 Å². The molecule has 1 aromatic rings. The summed E-state index contributed by atoms with van der Waals surface area (Å²) >= 11 is 2.13. The molecule has 0 N–H and O–H groups in total. The van der Waals surface area contributed by atoms with Crippen molar-refractivity contribution in [2.24, 2.45) is 7.05 Å². The van der Waals surface area contributed by atoms with Crippen molar-refractivity contribution in [3.05, 3.63) is 0 Å². The number of nitrogens with zero attached hydrogens (tertiary/aromatic N) is 4. The molecule has 0 aromatic carbocycles. The summed E-state index contributed by atoms with van der Waals surface area (Å²) in [6, 6.07) is 0. The summed E-state index contributed by atoms with van der Waals surface area (Å²) in [5, 5.41) is 11.6. The predicted molar refractivity (Wildman–Crippen MR) is 38.7 cm³/mol. The van der Waals surface area contributed by atoms with Crippen LogP contribution in [0.2, 0.25) is 0 Å². The maximum absolute atomic E-state index is 3.69. The van der Waals surface area contributed by atoms with Crippen LogP contribution in [0.25, 0.3) is 0 Å². The molecule has 1 heterocycles. The van der Waals surface area contributed by atoms with E-state index in [0.717, 1.165) is 5.16 Å². The van der Waals surface area contributed by atoms with Gasteiger partial charge in [0.1, 0.15) is 0 Å². The Morgan fingerprint density at radius 2 is 2.50 bits per heavy atom. The lowest BCUT2D eigenvalue weighted by Crippen LogP contribution is -1.90. The average molecular weight is 242 g/mol. The minimum absolute atomic E-state index is 0.825. The van der Waals surface area contributed by atoms with E-state index >= 15 is 0 Å². The summed E-state index contributed by atoms with van der Waals surface area (Å²) in [7, 11) is 3.31. The van der Waals surface area contributed by atoms with Crippen molar-refractivity contribution in [1.82, 2.24) is 20.2 Å². The van der Waals surface area contributed by atoms with E-state index in [1.165, 1.54) is 8.93 Å².